The normalized spacial score (nSPS) is 0. The molecule has 0 heterocycles. The summed E-state index contributed by atoms with van der Waals surface area (Å²) < 4.78 is 0. The monoisotopic (exact) mass is 252 g/mol. The zero-order chi connectivity index (χ0) is 0. The summed E-state index contributed by atoms with van der Waals surface area (Å²) in [7, 11) is 0. The summed E-state index contributed by atoms with van der Waals surface area (Å²) >= 11 is 0. The predicted molar refractivity (Wildman–Crippen MR) is 3.87 cm³/mol. The van der Waals surface area contributed by atoms with Gasteiger partial charge in [0.25, 0.3) is 0 Å². The molecule has 0 aliphatic rings. The molecule has 0 atom stereocenters. The van der Waals surface area contributed by atoms with Gasteiger partial charge in [0.1, 0.15) is 0 Å². The number of halogens is 2. The van der Waals surface area contributed by atoms with Gasteiger partial charge < -0.3 is 20.4 Å². The molecular weight excluding hydrogens is 248 g/mol. The summed E-state index contributed by atoms with van der Waals surface area (Å²) in [6.45, 7) is 0. The van der Waals surface area contributed by atoms with Crippen LogP contribution in [0.25, 0.3) is 0 Å². The third kappa shape index (κ3) is 77.3. The topological polar surface area (TPSA) is 60.0 Å². The van der Waals surface area contributed by atoms with Crippen LogP contribution in [0.5, 0.6) is 0 Å². The fourth-order valence-electron chi connectivity index (χ4n) is 0. The van der Waals surface area contributed by atoms with E-state index in [-0.39, 0.29) is 46.2 Å². The Morgan fingerprint density at radius 1 is 0.600 bits per heavy atom. The van der Waals surface area contributed by atoms with Crippen LogP contribution in [0.2, 0.25) is 0 Å². The van der Waals surface area contributed by atoms with Crippen molar-refractivity contribution in [1.29, 1.82) is 0 Å². The summed E-state index contributed by atoms with van der Waals surface area (Å²) in [5, 5.41) is 0. The molecule has 0 saturated heterocycles. The van der Waals surface area contributed by atoms with E-state index in [1.807, 2.05) is 0 Å². The first-order valence-corrected chi connectivity index (χ1v) is 0. The first-order chi connectivity index (χ1) is 0. The van der Waals surface area contributed by atoms with E-state index in [2.05, 4.69) is 0 Å². The zero-order valence-electron chi connectivity index (χ0n) is 2.15. The molecular formula is H2F2HfO2. The van der Waals surface area contributed by atoms with E-state index in [1.54, 1.807) is 0 Å². The Balaban J connectivity index is 0. The average Bonchev–Trinajstić information content (AvgIpc) is 0. The van der Waals surface area contributed by atoms with Crippen molar-refractivity contribution in [3.63, 3.8) is 0 Å². The molecule has 2 N–H and O–H groups in total. The second-order valence-corrected chi connectivity index (χ2v) is 0. The van der Waals surface area contributed by atoms with Gasteiger partial charge in [-0.05, 0) is 0 Å². The fraction of sp³-hybridized carbons (Fsp3) is 0. The van der Waals surface area contributed by atoms with Crippen LogP contribution in [0, 0.1) is 0 Å². The maximum absolute atomic E-state index is 0. The van der Waals surface area contributed by atoms with Crippen molar-refractivity contribution in [1.82, 2.24) is 0 Å². The molecule has 5 heteroatoms. The molecule has 0 bridgehead atoms. The summed E-state index contributed by atoms with van der Waals surface area (Å²) in [5.74, 6) is 0. The SMILES string of the molecule is [F-].[F-].[Hf+4].[OH-].[OH-]. The Kier molecular flexibility index (Phi) is 8470. The Bertz CT molecular complexity index is 7.61. The van der Waals surface area contributed by atoms with Crippen LogP contribution in [0.1, 0.15) is 0 Å². The van der Waals surface area contributed by atoms with E-state index in [1.165, 1.54) is 0 Å². The van der Waals surface area contributed by atoms with Crippen LogP contribution in [0.3, 0.4) is 0 Å². The van der Waals surface area contributed by atoms with Crippen molar-refractivity contribution >= 4 is 0 Å². The standard InChI is InChI=1S/2FH.Hf.2H2O/h2*1H;;2*1H2/q;;+4;;/p-4. The van der Waals surface area contributed by atoms with E-state index in [9.17, 15) is 0 Å². The summed E-state index contributed by atoms with van der Waals surface area (Å²) in [6, 6.07) is 0. The molecule has 2 nitrogen and oxygen atoms in total. The van der Waals surface area contributed by atoms with Gasteiger partial charge in [-0.2, -0.15) is 0 Å². The molecule has 0 aliphatic heterocycles. The number of hydrogen-bond acceptors (Lipinski definition) is 2. The molecule has 0 aromatic carbocycles. The molecule has 0 aromatic rings. The van der Waals surface area contributed by atoms with Crippen LogP contribution < -0.4 is 9.41 Å². The van der Waals surface area contributed by atoms with Crippen molar-refractivity contribution in [2.24, 2.45) is 0 Å². The largest absolute Gasteiger partial charge is 4.00 e. The second kappa shape index (κ2) is 147. The average molecular weight is 251 g/mol. The quantitative estimate of drug-likeness (QED) is 0.402. The van der Waals surface area contributed by atoms with Crippen molar-refractivity contribution in [3.8, 4) is 0 Å². The smallest absolute Gasteiger partial charge is 1.00 e. The van der Waals surface area contributed by atoms with Crippen molar-refractivity contribution in [2.75, 3.05) is 0 Å². The van der Waals surface area contributed by atoms with Gasteiger partial charge in [-0.1, -0.05) is 0 Å². The van der Waals surface area contributed by atoms with Gasteiger partial charge in [0.15, 0.2) is 0 Å². The summed E-state index contributed by atoms with van der Waals surface area (Å²) in [4.78, 5) is 0. The molecule has 0 aliphatic carbocycles. The molecule has 0 amide bonds. The maximum Gasteiger partial charge on any atom is 4.00 e. The van der Waals surface area contributed by atoms with E-state index in [0.29, 0.717) is 0 Å². The van der Waals surface area contributed by atoms with Crippen molar-refractivity contribution < 1.29 is 46.2 Å². The Labute approximate surface area is 46.7 Å². The van der Waals surface area contributed by atoms with E-state index in [0.717, 1.165) is 0 Å². The van der Waals surface area contributed by atoms with Gasteiger partial charge in [0.2, 0.25) is 0 Å². The van der Waals surface area contributed by atoms with Gasteiger partial charge in [-0.15, -0.1) is 0 Å². The van der Waals surface area contributed by atoms with Crippen LogP contribution in [-0.4, -0.2) is 11.0 Å². The van der Waals surface area contributed by atoms with Gasteiger partial charge >= 0.3 is 25.8 Å². The molecule has 0 rings (SSSR count). The third-order valence-electron chi connectivity index (χ3n) is 0. The molecule has 5 heavy (non-hydrogen) atoms. The molecule has 0 spiro atoms. The van der Waals surface area contributed by atoms with E-state index in [4.69, 9.17) is 0 Å². The molecule has 0 unspecified atom stereocenters. The molecule has 0 fully saturated rings. The van der Waals surface area contributed by atoms with Crippen LogP contribution in [-0.2, 0) is 25.8 Å². The van der Waals surface area contributed by atoms with Crippen LogP contribution in [0.4, 0.5) is 0 Å². The summed E-state index contributed by atoms with van der Waals surface area (Å²) in [6.07, 6.45) is 0. The maximum atomic E-state index is 0. The minimum absolute atomic E-state index is 0. The van der Waals surface area contributed by atoms with Crippen LogP contribution in [0.15, 0.2) is 0 Å². The fourth-order valence-corrected chi connectivity index (χ4v) is 0. The number of hydrogen-bond donors (Lipinski definition) is 0. The van der Waals surface area contributed by atoms with Gasteiger partial charge in [-0.25, -0.2) is 0 Å². The van der Waals surface area contributed by atoms with Gasteiger partial charge in [-0.3, -0.25) is 0 Å². The minimum atomic E-state index is 0. The minimum Gasteiger partial charge on any atom is -1.00 e. The Morgan fingerprint density at radius 3 is 0.600 bits per heavy atom. The first-order valence-electron chi connectivity index (χ1n) is 0. The van der Waals surface area contributed by atoms with Gasteiger partial charge in [0, 0.05) is 0 Å². The van der Waals surface area contributed by atoms with Gasteiger partial charge in [0.05, 0.1) is 0 Å². The van der Waals surface area contributed by atoms with E-state index >= 15 is 0 Å². The molecule has 0 aromatic heterocycles. The molecule has 0 radical (unpaired) electrons. The van der Waals surface area contributed by atoms with E-state index < -0.39 is 0 Å². The molecule has 0 saturated carbocycles. The predicted octanol–water partition coefficient (Wildman–Crippen LogP) is -6.35. The molecule has 32 valence electrons. The second-order valence-electron chi connectivity index (χ2n) is 0. The third-order valence-corrected chi connectivity index (χ3v) is 0. The number of rotatable bonds is 0. The van der Waals surface area contributed by atoms with Crippen molar-refractivity contribution in [2.45, 2.75) is 0 Å². The Morgan fingerprint density at radius 2 is 0.600 bits per heavy atom. The Hall–Kier alpha value is 0.650. The summed E-state index contributed by atoms with van der Waals surface area (Å²) in [5.41, 5.74) is 0. The van der Waals surface area contributed by atoms with Crippen LogP contribution >= 0.6 is 0 Å². The first kappa shape index (κ1) is 289. The van der Waals surface area contributed by atoms with Crippen molar-refractivity contribution in [3.05, 3.63) is 0 Å². The zero-order valence-corrected chi connectivity index (χ0v) is 5.74.